The molecule has 4 nitrogen and oxygen atoms in total. The molecule has 0 aromatic carbocycles. The minimum Gasteiger partial charge on any atom is -0.459 e. The van der Waals surface area contributed by atoms with E-state index in [9.17, 15) is 9.00 Å². The Bertz CT molecular complexity index is 253. The lowest BCUT2D eigenvalue weighted by molar-refractivity contribution is -0.138. The van der Waals surface area contributed by atoms with Gasteiger partial charge >= 0.3 is 5.97 Å². The lowest BCUT2D eigenvalue weighted by Gasteiger charge is -2.12. The monoisotopic (exact) mass is 219 g/mol. The smallest absolute Gasteiger partial charge is 0.350 e. The second-order valence-corrected chi connectivity index (χ2v) is 6.02. The third kappa shape index (κ3) is 5.85. The fourth-order valence-corrected chi connectivity index (χ4v) is 1.01. The summed E-state index contributed by atoms with van der Waals surface area (Å²) in [5, 5.41) is 0. The molecule has 0 rings (SSSR count). The number of esters is 1. The van der Waals surface area contributed by atoms with Crippen molar-refractivity contribution >= 4 is 23.2 Å². The van der Waals surface area contributed by atoms with Gasteiger partial charge in [0.15, 0.2) is 0 Å². The van der Waals surface area contributed by atoms with Crippen molar-refractivity contribution in [2.45, 2.75) is 45.5 Å². The number of carbonyl (C=O) groups excluding carboxylic acids is 1. The fourth-order valence-electron chi connectivity index (χ4n) is 0.512. The topological polar surface area (TPSA) is 55.7 Å². The van der Waals surface area contributed by atoms with Crippen LogP contribution in [0.15, 0.2) is 4.40 Å². The Balaban J connectivity index is 4.19. The van der Waals surface area contributed by atoms with Gasteiger partial charge in [-0.25, -0.2) is 9.00 Å². The molecule has 0 amide bonds. The molecule has 82 valence electrons. The van der Waals surface area contributed by atoms with Gasteiger partial charge in [0.2, 0.25) is 0 Å². The van der Waals surface area contributed by atoms with Crippen LogP contribution in [0.1, 0.15) is 34.6 Å². The van der Waals surface area contributed by atoms with Crippen molar-refractivity contribution < 1.29 is 13.7 Å². The van der Waals surface area contributed by atoms with Crippen LogP contribution in [0.5, 0.6) is 0 Å². The fraction of sp³-hybridized carbons (Fsp3) is 0.778. The number of ether oxygens (including phenoxy) is 1. The molecule has 0 aromatic rings. The average Bonchev–Trinajstić information content (AvgIpc) is 1.96. The first kappa shape index (κ1) is 13.3. The van der Waals surface area contributed by atoms with Crippen LogP contribution < -0.4 is 0 Å². The lowest BCUT2D eigenvalue weighted by atomic mass is 10.3. The molecule has 0 aliphatic heterocycles. The lowest BCUT2D eigenvalue weighted by Crippen LogP contribution is -2.21. The molecule has 0 aliphatic carbocycles. The molecule has 0 fully saturated rings. The van der Waals surface area contributed by atoms with E-state index in [-0.39, 0.29) is 6.10 Å². The highest BCUT2D eigenvalue weighted by Crippen LogP contribution is 2.11. The summed E-state index contributed by atoms with van der Waals surface area (Å²) in [4.78, 5) is 11.0. The van der Waals surface area contributed by atoms with E-state index in [1.165, 1.54) is 0 Å². The van der Waals surface area contributed by atoms with Crippen LogP contribution in [0.2, 0.25) is 0 Å². The van der Waals surface area contributed by atoms with Crippen molar-refractivity contribution in [1.82, 2.24) is 0 Å². The predicted molar refractivity (Wildman–Crippen MR) is 57.6 cm³/mol. The van der Waals surface area contributed by atoms with Crippen LogP contribution in [0.3, 0.4) is 0 Å². The summed E-state index contributed by atoms with van der Waals surface area (Å²) in [7, 11) is -1.40. The molecule has 0 aromatic heterocycles. The number of hydrogen-bond donors (Lipinski definition) is 0. The van der Waals surface area contributed by atoms with E-state index < -0.39 is 21.7 Å². The first-order valence-electron chi connectivity index (χ1n) is 4.40. The molecule has 0 spiro atoms. The highest BCUT2D eigenvalue weighted by Gasteiger charge is 2.18. The largest absolute Gasteiger partial charge is 0.459 e. The van der Waals surface area contributed by atoms with Crippen LogP contribution in [-0.4, -0.2) is 27.2 Å². The van der Waals surface area contributed by atoms with Crippen molar-refractivity contribution in [1.29, 1.82) is 0 Å². The minimum atomic E-state index is -1.40. The molecule has 0 unspecified atom stereocenters. The van der Waals surface area contributed by atoms with E-state index in [1.807, 2.05) is 0 Å². The van der Waals surface area contributed by atoms with Crippen molar-refractivity contribution in [2.24, 2.45) is 4.40 Å². The molecule has 0 radical (unpaired) electrons. The first-order valence-corrected chi connectivity index (χ1v) is 5.51. The quantitative estimate of drug-likeness (QED) is 0.533. The summed E-state index contributed by atoms with van der Waals surface area (Å²) in [6.45, 7) is 8.84. The van der Waals surface area contributed by atoms with Crippen LogP contribution in [0.25, 0.3) is 0 Å². The number of rotatable bonds is 3. The zero-order chi connectivity index (χ0) is 11.4. The van der Waals surface area contributed by atoms with Gasteiger partial charge in [-0.1, -0.05) is 0 Å². The highest BCUT2D eigenvalue weighted by atomic mass is 32.2. The molecule has 0 saturated carbocycles. The normalized spacial score (nSPS) is 14.7. The van der Waals surface area contributed by atoms with Gasteiger partial charge in [-0.05, 0) is 34.6 Å². The molecule has 0 N–H and O–H groups in total. The Morgan fingerprint density at radius 3 is 2.29 bits per heavy atom. The molecule has 0 saturated heterocycles. The summed E-state index contributed by atoms with van der Waals surface area (Å²) >= 11 is 0. The van der Waals surface area contributed by atoms with Crippen LogP contribution in [-0.2, 0) is 20.5 Å². The van der Waals surface area contributed by atoms with Crippen molar-refractivity contribution in [2.75, 3.05) is 0 Å². The maximum atomic E-state index is 11.4. The summed E-state index contributed by atoms with van der Waals surface area (Å²) in [6, 6.07) is 0. The number of carbonyl (C=O) groups is 1. The van der Waals surface area contributed by atoms with Crippen LogP contribution >= 0.6 is 0 Å². The Kier molecular flexibility index (Phi) is 4.97. The van der Waals surface area contributed by atoms with Gasteiger partial charge in [-0.3, -0.25) is 0 Å². The van der Waals surface area contributed by atoms with Gasteiger partial charge < -0.3 is 4.74 Å². The van der Waals surface area contributed by atoms with E-state index >= 15 is 0 Å². The SMILES string of the molecule is CC(C)OC(=O)/C=N/[S@@](=O)C(C)(C)C. The van der Waals surface area contributed by atoms with Gasteiger partial charge in [-0.2, -0.15) is 4.40 Å². The Morgan fingerprint density at radius 2 is 1.93 bits per heavy atom. The van der Waals surface area contributed by atoms with Crippen molar-refractivity contribution in [3.8, 4) is 0 Å². The van der Waals surface area contributed by atoms with Gasteiger partial charge in [0.05, 0.1) is 10.9 Å². The van der Waals surface area contributed by atoms with E-state index in [2.05, 4.69) is 4.40 Å². The summed E-state index contributed by atoms with van der Waals surface area (Å²) in [5.74, 6) is -0.558. The van der Waals surface area contributed by atoms with Gasteiger partial charge in [0, 0.05) is 0 Å². The Morgan fingerprint density at radius 1 is 1.43 bits per heavy atom. The van der Waals surface area contributed by atoms with Gasteiger partial charge in [-0.15, -0.1) is 0 Å². The second-order valence-electron chi connectivity index (χ2n) is 4.08. The zero-order valence-corrected chi connectivity index (χ0v) is 10.1. The second kappa shape index (κ2) is 5.24. The van der Waals surface area contributed by atoms with Gasteiger partial charge in [0.25, 0.3) is 0 Å². The summed E-state index contributed by atoms with van der Waals surface area (Å²) in [5.41, 5.74) is 0. The Hall–Kier alpha value is -0.710. The standard InChI is InChI=1S/C9H17NO3S/c1-7(2)13-8(11)6-10-14(12)9(3,4)5/h6-7H,1-5H3/b10-6+/t14-/m0/s1. The van der Waals surface area contributed by atoms with Crippen LogP contribution in [0.4, 0.5) is 0 Å². The summed E-state index contributed by atoms with van der Waals surface area (Å²) in [6.07, 6.45) is 0.790. The molecule has 0 heterocycles. The first-order chi connectivity index (χ1) is 6.23. The molecular formula is C9H17NO3S. The minimum absolute atomic E-state index is 0.183. The molecule has 0 bridgehead atoms. The molecule has 5 heteroatoms. The van der Waals surface area contributed by atoms with Crippen LogP contribution in [0, 0.1) is 0 Å². The molecule has 0 aliphatic rings. The molecule has 14 heavy (non-hydrogen) atoms. The van der Waals surface area contributed by atoms with E-state index in [4.69, 9.17) is 4.74 Å². The maximum absolute atomic E-state index is 11.4. The van der Waals surface area contributed by atoms with Crippen molar-refractivity contribution in [3.05, 3.63) is 0 Å². The average molecular weight is 219 g/mol. The molecule has 1 atom stereocenters. The number of hydrogen-bond acceptors (Lipinski definition) is 3. The van der Waals surface area contributed by atoms with E-state index in [0.29, 0.717) is 0 Å². The predicted octanol–water partition coefficient (Wildman–Crippen LogP) is 1.47. The summed E-state index contributed by atoms with van der Waals surface area (Å²) < 4.78 is 19.3. The Labute approximate surface area is 87.3 Å². The highest BCUT2D eigenvalue weighted by molar-refractivity contribution is 7.85. The third-order valence-electron chi connectivity index (χ3n) is 1.13. The van der Waals surface area contributed by atoms with Crippen molar-refractivity contribution in [3.63, 3.8) is 0 Å². The number of nitrogens with zero attached hydrogens (tertiary/aromatic N) is 1. The van der Waals surface area contributed by atoms with E-state index in [1.54, 1.807) is 34.6 Å². The molecular weight excluding hydrogens is 202 g/mol. The maximum Gasteiger partial charge on any atom is 0.350 e. The van der Waals surface area contributed by atoms with Gasteiger partial charge in [0.1, 0.15) is 17.2 Å². The zero-order valence-electron chi connectivity index (χ0n) is 9.23. The van der Waals surface area contributed by atoms with E-state index in [0.717, 1.165) is 6.21 Å². The third-order valence-corrected chi connectivity index (χ3v) is 2.47.